The zero-order valence-electron chi connectivity index (χ0n) is 13.6. The molecule has 26 heavy (non-hydrogen) atoms. The highest BCUT2D eigenvalue weighted by Gasteiger charge is 2.09. The lowest BCUT2D eigenvalue weighted by molar-refractivity contribution is -0.118. The maximum atomic E-state index is 12.2. The number of carbonyl (C=O) groups excluding carboxylic acids is 1. The summed E-state index contributed by atoms with van der Waals surface area (Å²) in [4.78, 5) is 14.3. The molecule has 1 N–H and O–H groups in total. The van der Waals surface area contributed by atoms with Gasteiger partial charge in [-0.2, -0.15) is 0 Å². The second-order valence-corrected chi connectivity index (χ2v) is 7.25. The van der Waals surface area contributed by atoms with Gasteiger partial charge in [-0.25, -0.2) is 0 Å². The van der Waals surface area contributed by atoms with Gasteiger partial charge in [0.25, 0.3) is 5.91 Å². The van der Waals surface area contributed by atoms with Crippen LogP contribution in [0.3, 0.4) is 0 Å². The van der Waals surface area contributed by atoms with Crippen molar-refractivity contribution in [1.82, 2.24) is 0 Å². The second-order valence-electron chi connectivity index (χ2n) is 5.32. The average molecular weight is 404 g/mol. The number of ether oxygens (including phenoxy) is 1. The summed E-state index contributed by atoms with van der Waals surface area (Å²) in [7, 11) is 0. The van der Waals surface area contributed by atoms with Crippen LogP contribution in [0, 0.1) is 0 Å². The predicted octanol–water partition coefficient (Wildman–Crippen LogP) is 6.16. The molecule has 3 nitrogen and oxygen atoms in total. The van der Waals surface area contributed by atoms with Crippen LogP contribution < -0.4 is 10.1 Å². The minimum absolute atomic E-state index is 0.123. The molecule has 0 saturated carbocycles. The van der Waals surface area contributed by atoms with E-state index in [1.54, 1.807) is 30.0 Å². The Hall–Kier alpha value is -2.14. The Kier molecular flexibility index (Phi) is 6.45. The normalized spacial score (nSPS) is 10.4. The zero-order valence-corrected chi connectivity index (χ0v) is 15.9. The molecule has 0 unspecified atom stereocenters. The van der Waals surface area contributed by atoms with E-state index in [-0.39, 0.29) is 12.5 Å². The SMILES string of the molecule is O=C(COc1ccc(Cl)c(Cl)c1)Nc1ccccc1Sc1ccccc1. The molecule has 0 bridgehead atoms. The van der Waals surface area contributed by atoms with Crippen LogP contribution >= 0.6 is 35.0 Å². The second kappa shape index (κ2) is 8.99. The molecule has 0 aromatic heterocycles. The van der Waals surface area contributed by atoms with Gasteiger partial charge in [-0.05, 0) is 36.4 Å². The van der Waals surface area contributed by atoms with Crippen LogP contribution in [0.2, 0.25) is 10.0 Å². The lowest BCUT2D eigenvalue weighted by Crippen LogP contribution is -2.20. The first-order chi connectivity index (χ1) is 12.6. The molecule has 0 heterocycles. The maximum Gasteiger partial charge on any atom is 0.262 e. The number of hydrogen-bond acceptors (Lipinski definition) is 3. The minimum atomic E-state index is -0.253. The Morgan fingerprint density at radius 1 is 0.923 bits per heavy atom. The van der Waals surface area contributed by atoms with Crippen LogP contribution in [0.1, 0.15) is 0 Å². The third-order valence-corrected chi connectivity index (χ3v) is 5.22. The molecule has 0 spiro atoms. The number of para-hydroxylation sites is 1. The van der Waals surface area contributed by atoms with Gasteiger partial charge in [0.1, 0.15) is 5.75 Å². The van der Waals surface area contributed by atoms with E-state index >= 15 is 0 Å². The van der Waals surface area contributed by atoms with Gasteiger partial charge in [-0.3, -0.25) is 4.79 Å². The van der Waals surface area contributed by atoms with Crippen LogP contribution in [0.5, 0.6) is 5.75 Å². The molecule has 3 aromatic rings. The summed E-state index contributed by atoms with van der Waals surface area (Å²) in [5, 5.41) is 3.71. The average Bonchev–Trinajstić information content (AvgIpc) is 2.65. The van der Waals surface area contributed by atoms with Gasteiger partial charge in [0, 0.05) is 15.9 Å². The number of halogens is 2. The topological polar surface area (TPSA) is 38.3 Å². The zero-order chi connectivity index (χ0) is 18.4. The van der Waals surface area contributed by atoms with Crippen molar-refractivity contribution in [2.45, 2.75) is 9.79 Å². The first kappa shape index (κ1) is 18.6. The fraction of sp³-hybridized carbons (Fsp3) is 0.0500. The predicted molar refractivity (Wildman–Crippen MR) is 108 cm³/mol. The molecule has 0 saturated heterocycles. The van der Waals surface area contributed by atoms with E-state index < -0.39 is 0 Å². The highest BCUT2D eigenvalue weighted by atomic mass is 35.5. The molecule has 6 heteroatoms. The monoisotopic (exact) mass is 403 g/mol. The van der Waals surface area contributed by atoms with Gasteiger partial charge in [-0.15, -0.1) is 0 Å². The Bertz CT molecular complexity index is 903. The number of anilines is 1. The molecule has 0 fully saturated rings. The summed E-state index contributed by atoms with van der Waals surface area (Å²) in [6.07, 6.45) is 0. The Morgan fingerprint density at radius 3 is 2.42 bits per heavy atom. The number of rotatable bonds is 6. The Morgan fingerprint density at radius 2 is 1.65 bits per heavy atom. The molecular formula is C20H15Cl2NO2S. The van der Waals surface area contributed by atoms with Crippen molar-refractivity contribution in [2.75, 3.05) is 11.9 Å². The van der Waals surface area contributed by atoms with E-state index in [1.165, 1.54) is 0 Å². The molecule has 3 rings (SSSR count). The summed E-state index contributed by atoms with van der Waals surface area (Å²) in [5.41, 5.74) is 0.740. The summed E-state index contributed by atoms with van der Waals surface area (Å²) in [6, 6.07) is 22.5. The Labute approximate surface area is 166 Å². The Balaban J connectivity index is 1.63. The molecule has 0 atom stereocenters. The van der Waals surface area contributed by atoms with Gasteiger partial charge >= 0.3 is 0 Å². The van der Waals surface area contributed by atoms with Gasteiger partial charge in [0.15, 0.2) is 6.61 Å². The lowest BCUT2D eigenvalue weighted by atomic mass is 10.3. The van der Waals surface area contributed by atoms with E-state index in [1.807, 2.05) is 54.6 Å². The molecule has 0 aliphatic heterocycles. The van der Waals surface area contributed by atoms with E-state index in [9.17, 15) is 4.79 Å². The minimum Gasteiger partial charge on any atom is -0.484 e. The van der Waals surface area contributed by atoms with Crippen LogP contribution in [0.4, 0.5) is 5.69 Å². The standard InChI is InChI=1S/C20H15Cl2NO2S/c21-16-11-10-14(12-17(16)22)25-13-20(24)23-18-8-4-5-9-19(18)26-15-6-2-1-3-7-15/h1-12H,13H2,(H,23,24). The summed E-state index contributed by atoms with van der Waals surface area (Å²) in [5.74, 6) is 0.235. The van der Waals surface area contributed by atoms with Gasteiger partial charge < -0.3 is 10.1 Å². The highest BCUT2D eigenvalue weighted by Crippen LogP contribution is 2.33. The van der Waals surface area contributed by atoms with Crippen molar-refractivity contribution >= 4 is 46.6 Å². The van der Waals surface area contributed by atoms with E-state index in [2.05, 4.69) is 5.32 Å². The molecule has 3 aromatic carbocycles. The summed E-state index contributed by atoms with van der Waals surface area (Å²) >= 11 is 13.4. The van der Waals surface area contributed by atoms with Crippen LogP contribution in [0.15, 0.2) is 82.6 Å². The van der Waals surface area contributed by atoms with Crippen molar-refractivity contribution in [3.05, 3.63) is 82.8 Å². The van der Waals surface area contributed by atoms with Crippen molar-refractivity contribution in [2.24, 2.45) is 0 Å². The van der Waals surface area contributed by atoms with Crippen LogP contribution in [-0.4, -0.2) is 12.5 Å². The fourth-order valence-corrected chi connectivity index (χ4v) is 3.39. The molecule has 1 amide bonds. The molecule has 0 aliphatic carbocycles. The third-order valence-electron chi connectivity index (χ3n) is 3.39. The summed E-state index contributed by atoms with van der Waals surface area (Å²) < 4.78 is 5.47. The smallest absolute Gasteiger partial charge is 0.262 e. The fourth-order valence-electron chi connectivity index (χ4n) is 2.18. The molecule has 132 valence electrons. The number of benzene rings is 3. The first-order valence-corrected chi connectivity index (χ1v) is 9.39. The number of hydrogen-bond donors (Lipinski definition) is 1. The van der Waals surface area contributed by atoms with Gasteiger partial charge in [0.05, 0.1) is 15.7 Å². The van der Waals surface area contributed by atoms with Crippen molar-refractivity contribution in [3.63, 3.8) is 0 Å². The third kappa shape index (κ3) is 5.18. The number of amides is 1. The van der Waals surface area contributed by atoms with Crippen molar-refractivity contribution in [1.29, 1.82) is 0 Å². The quantitative estimate of drug-likeness (QED) is 0.535. The van der Waals surface area contributed by atoms with E-state index in [0.717, 1.165) is 15.5 Å². The van der Waals surface area contributed by atoms with Crippen LogP contribution in [-0.2, 0) is 4.79 Å². The van der Waals surface area contributed by atoms with Crippen molar-refractivity contribution < 1.29 is 9.53 Å². The first-order valence-electron chi connectivity index (χ1n) is 7.81. The van der Waals surface area contributed by atoms with Gasteiger partial charge in [-0.1, -0.05) is 65.3 Å². The molecular weight excluding hydrogens is 389 g/mol. The molecule has 0 radical (unpaired) electrons. The number of nitrogens with one attached hydrogen (secondary N) is 1. The number of carbonyl (C=O) groups is 1. The van der Waals surface area contributed by atoms with E-state index in [4.69, 9.17) is 27.9 Å². The van der Waals surface area contributed by atoms with Crippen LogP contribution in [0.25, 0.3) is 0 Å². The lowest BCUT2D eigenvalue weighted by Gasteiger charge is -2.11. The maximum absolute atomic E-state index is 12.2. The largest absolute Gasteiger partial charge is 0.484 e. The van der Waals surface area contributed by atoms with E-state index in [0.29, 0.717) is 15.8 Å². The summed E-state index contributed by atoms with van der Waals surface area (Å²) in [6.45, 7) is -0.123. The van der Waals surface area contributed by atoms with Crippen molar-refractivity contribution in [3.8, 4) is 5.75 Å². The van der Waals surface area contributed by atoms with Gasteiger partial charge in [0.2, 0.25) is 0 Å². The highest BCUT2D eigenvalue weighted by molar-refractivity contribution is 7.99. The molecule has 0 aliphatic rings.